The van der Waals surface area contributed by atoms with E-state index in [1.165, 1.54) is 0 Å². The van der Waals surface area contributed by atoms with Crippen molar-refractivity contribution in [3.8, 4) is 0 Å². The van der Waals surface area contributed by atoms with Crippen LogP contribution in [0.15, 0.2) is 60.7 Å². The Labute approximate surface area is 183 Å². The SMILES string of the molecule is CC(C)(C)OC(=O)N[C@@H](Cc1ccccc1)C(=O)N1CCC(=O)[C@@H]1Cc1ccccc1. The molecule has 1 heterocycles. The fourth-order valence-corrected chi connectivity index (χ4v) is 3.75. The second-order valence-corrected chi connectivity index (χ2v) is 8.84. The van der Waals surface area contributed by atoms with Crippen LogP contribution in [0, 0.1) is 0 Å². The van der Waals surface area contributed by atoms with Gasteiger partial charge in [-0.25, -0.2) is 4.79 Å². The standard InChI is InChI=1S/C25H30N2O4/c1-25(2,3)31-24(30)26-20(16-18-10-6-4-7-11-18)23(29)27-15-14-22(28)21(27)17-19-12-8-5-9-13-19/h4-13,20-21H,14-17H2,1-3H3,(H,26,30)/t20-,21-/m0/s1. The molecule has 1 aliphatic rings. The number of likely N-dealkylation sites (tertiary alicyclic amines) is 1. The number of nitrogens with one attached hydrogen (secondary N) is 1. The molecular formula is C25H30N2O4. The lowest BCUT2D eigenvalue weighted by molar-refractivity contribution is -0.136. The molecule has 1 fully saturated rings. The zero-order chi connectivity index (χ0) is 22.4. The number of nitrogens with zero attached hydrogens (tertiary/aromatic N) is 1. The van der Waals surface area contributed by atoms with Crippen molar-refractivity contribution in [1.29, 1.82) is 0 Å². The van der Waals surface area contributed by atoms with Gasteiger partial charge in [0.15, 0.2) is 5.78 Å². The maximum absolute atomic E-state index is 13.5. The number of alkyl carbamates (subject to hydrolysis) is 1. The normalized spacial score (nSPS) is 17.3. The van der Waals surface area contributed by atoms with Gasteiger partial charge in [-0.15, -0.1) is 0 Å². The highest BCUT2D eigenvalue weighted by Crippen LogP contribution is 2.21. The zero-order valence-corrected chi connectivity index (χ0v) is 18.3. The largest absolute Gasteiger partial charge is 0.444 e. The van der Waals surface area contributed by atoms with Gasteiger partial charge in [-0.05, 0) is 38.3 Å². The van der Waals surface area contributed by atoms with Crippen LogP contribution in [0.3, 0.4) is 0 Å². The molecule has 3 rings (SSSR count). The zero-order valence-electron chi connectivity index (χ0n) is 18.3. The van der Waals surface area contributed by atoms with E-state index in [4.69, 9.17) is 4.74 Å². The molecule has 1 saturated heterocycles. The monoisotopic (exact) mass is 422 g/mol. The molecule has 0 aliphatic carbocycles. The second kappa shape index (κ2) is 9.77. The van der Waals surface area contributed by atoms with Gasteiger partial charge in [0.05, 0.1) is 6.04 Å². The fraction of sp³-hybridized carbons (Fsp3) is 0.400. The number of rotatable bonds is 6. The molecular weight excluding hydrogens is 392 g/mol. The number of ketones is 1. The van der Waals surface area contributed by atoms with Crippen LogP contribution in [0.25, 0.3) is 0 Å². The summed E-state index contributed by atoms with van der Waals surface area (Å²) in [6.07, 6.45) is 0.470. The number of Topliss-reactive ketones (excluding diaryl/α,β-unsaturated/α-hetero) is 1. The molecule has 0 unspecified atom stereocenters. The molecule has 164 valence electrons. The van der Waals surface area contributed by atoms with E-state index in [2.05, 4.69) is 5.32 Å². The van der Waals surface area contributed by atoms with Crippen LogP contribution in [0.5, 0.6) is 0 Å². The molecule has 2 aromatic rings. The average molecular weight is 423 g/mol. The van der Waals surface area contributed by atoms with Crippen LogP contribution in [0.1, 0.15) is 38.3 Å². The highest BCUT2D eigenvalue weighted by molar-refractivity contribution is 5.95. The number of hydrogen-bond acceptors (Lipinski definition) is 4. The molecule has 2 atom stereocenters. The molecule has 31 heavy (non-hydrogen) atoms. The van der Waals surface area contributed by atoms with Crippen LogP contribution in [0.2, 0.25) is 0 Å². The van der Waals surface area contributed by atoms with E-state index >= 15 is 0 Å². The summed E-state index contributed by atoms with van der Waals surface area (Å²) in [7, 11) is 0. The molecule has 1 aliphatic heterocycles. The second-order valence-electron chi connectivity index (χ2n) is 8.84. The van der Waals surface area contributed by atoms with E-state index in [9.17, 15) is 14.4 Å². The van der Waals surface area contributed by atoms with Crippen LogP contribution < -0.4 is 5.32 Å². The summed E-state index contributed by atoms with van der Waals surface area (Å²) >= 11 is 0. The van der Waals surface area contributed by atoms with Crippen molar-refractivity contribution in [2.45, 2.75) is 57.7 Å². The Morgan fingerprint density at radius 2 is 1.61 bits per heavy atom. The predicted octanol–water partition coefficient (Wildman–Crippen LogP) is 3.54. The van der Waals surface area contributed by atoms with E-state index in [0.717, 1.165) is 11.1 Å². The lowest BCUT2D eigenvalue weighted by Crippen LogP contribution is -2.53. The summed E-state index contributed by atoms with van der Waals surface area (Å²) in [5.74, 6) is -0.213. The summed E-state index contributed by atoms with van der Waals surface area (Å²) < 4.78 is 5.37. The first-order chi connectivity index (χ1) is 14.7. The molecule has 1 N–H and O–H groups in total. The average Bonchev–Trinajstić information content (AvgIpc) is 3.07. The topological polar surface area (TPSA) is 75.7 Å². The van der Waals surface area contributed by atoms with Gasteiger partial charge < -0.3 is 15.0 Å². The summed E-state index contributed by atoms with van der Waals surface area (Å²) in [4.78, 5) is 40.1. The minimum Gasteiger partial charge on any atom is -0.444 e. The van der Waals surface area contributed by atoms with Gasteiger partial charge in [-0.2, -0.15) is 0 Å². The summed E-state index contributed by atoms with van der Waals surface area (Å²) in [5.41, 5.74) is 1.24. The number of benzene rings is 2. The van der Waals surface area contributed by atoms with Crippen LogP contribution in [-0.2, 0) is 27.2 Å². The van der Waals surface area contributed by atoms with E-state index in [1.54, 1.807) is 25.7 Å². The molecule has 2 aromatic carbocycles. The molecule has 6 nitrogen and oxygen atoms in total. The molecule has 0 saturated carbocycles. The summed E-state index contributed by atoms with van der Waals surface area (Å²) in [6.45, 7) is 5.68. The maximum Gasteiger partial charge on any atom is 0.408 e. The quantitative estimate of drug-likeness (QED) is 0.773. The Morgan fingerprint density at radius 3 is 2.19 bits per heavy atom. The first-order valence-corrected chi connectivity index (χ1v) is 10.6. The first-order valence-electron chi connectivity index (χ1n) is 10.6. The number of carbonyl (C=O) groups is 3. The van der Waals surface area contributed by atoms with Crippen molar-refractivity contribution in [1.82, 2.24) is 10.2 Å². The van der Waals surface area contributed by atoms with Crippen molar-refractivity contribution >= 4 is 17.8 Å². The molecule has 0 radical (unpaired) electrons. The Bertz CT molecular complexity index is 906. The van der Waals surface area contributed by atoms with Gasteiger partial charge in [0.1, 0.15) is 11.6 Å². The van der Waals surface area contributed by atoms with Crippen molar-refractivity contribution in [2.24, 2.45) is 0 Å². The highest BCUT2D eigenvalue weighted by Gasteiger charge is 2.39. The Hall–Kier alpha value is -3.15. The van der Waals surface area contributed by atoms with E-state index in [0.29, 0.717) is 25.8 Å². The molecule has 0 bridgehead atoms. The van der Waals surface area contributed by atoms with Crippen LogP contribution >= 0.6 is 0 Å². The van der Waals surface area contributed by atoms with E-state index in [1.807, 2.05) is 60.7 Å². The van der Waals surface area contributed by atoms with Gasteiger partial charge in [-0.1, -0.05) is 60.7 Å². The van der Waals surface area contributed by atoms with Crippen molar-refractivity contribution in [3.63, 3.8) is 0 Å². The number of ether oxygens (including phenoxy) is 1. The third-order valence-electron chi connectivity index (χ3n) is 5.17. The first kappa shape index (κ1) is 22.5. The number of carbonyl (C=O) groups excluding carboxylic acids is 3. The van der Waals surface area contributed by atoms with Gasteiger partial charge in [0.25, 0.3) is 0 Å². The Balaban J connectivity index is 1.79. The lowest BCUT2D eigenvalue weighted by Gasteiger charge is -2.29. The van der Waals surface area contributed by atoms with Crippen molar-refractivity contribution in [2.75, 3.05) is 6.54 Å². The minimum atomic E-state index is -0.818. The fourth-order valence-electron chi connectivity index (χ4n) is 3.75. The maximum atomic E-state index is 13.5. The van der Waals surface area contributed by atoms with Gasteiger partial charge in [0, 0.05) is 19.4 Å². The van der Waals surface area contributed by atoms with Crippen LogP contribution in [0.4, 0.5) is 4.79 Å². The Morgan fingerprint density at radius 1 is 1.03 bits per heavy atom. The van der Waals surface area contributed by atoms with E-state index < -0.39 is 23.8 Å². The van der Waals surface area contributed by atoms with Crippen LogP contribution in [-0.4, -0.2) is 46.9 Å². The third-order valence-corrected chi connectivity index (χ3v) is 5.17. The lowest BCUT2D eigenvalue weighted by atomic mass is 10.0. The minimum absolute atomic E-state index is 0.0490. The van der Waals surface area contributed by atoms with Crippen molar-refractivity contribution in [3.05, 3.63) is 71.8 Å². The van der Waals surface area contributed by atoms with Gasteiger partial charge >= 0.3 is 6.09 Å². The molecule has 6 heteroatoms. The van der Waals surface area contributed by atoms with Crippen molar-refractivity contribution < 1.29 is 19.1 Å². The number of hydrogen-bond donors (Lipinski definition) is 1. The third kappa shape index (κ3) is 6.41. The van der Waals surface area contributed by atoms with Gasteiger partial charge in [0.2, 0.25) is 5.91 Å². The molecule has 0 spiro atoms. The molecule has 0 aromatic heterocycles. The summed E-state index contributed by atoms with van der Waals surface area (Å²) in [6, 6.07) is 17.8. The van der Waals surface area contributed by atoms with E-state index in [-0.39, 0.29) is 11.7 Å². The molecule has 2 amide bonds. The predicted molar refractivity (Wildman–Crippen MR) is 119 cm³/mol. The Kier molecular flexibility index (Phi) is 7.10. The number of amides is 2. The van der Waals surface area contributed by atoms with Gasteiger partial charge in [-0.3, -0.25) is 9.59 Å². The summed E-state index contributed by atoms with van der Waals surface area (Å²) in [5, 5.41) is 2.73. The highest BCUT2D eigenvalue weighted by atomic mass is 16.6. The smallest absolute Gasteiger partial charge is 0.408 e.